The van der Waals surface area contributed by atoms with Crippen molar-refractivity contribution in [3.63, 3.8) is 0 Å². The van der Waals surface area contributed by atoms with Gasteiger partial charge in [-0.25, -0.2) is 0 Å². The van der Waals surface area contributed by atoms with Crippen molar-refractivity contribution in [3.8, 4) is 11.3 Å². The highest BCUT2D eigenvalue weighted by molar-refractivity contribution is 14.0. The lowest BCUT2D eigenvalue weighted by molar-refractivity contribution is 0.422. The van der Waals surface area contributed by atoms with E-state index in [0.717, 1.165) is 23.0 Å². The number of rotatable bonds is 4. The molecule has 0 aliphatic heterocycles. The van der Waals surface area contributed by atoms with Crippen molar-refractivity contribution in [3.05, 3.63) is 42.1 Å². The Morgan fingerprint density at radius 3 is 2.76 bits per heavy atom. The summed E-state index contributed by atoms with van der Waals surface area (Å²) in [5, 5.41) is 10.6. The minimum Gasteiger partial charge on any atom is -0.356 e. The molecule has 0 atom stereocenters. The summed E-state index contributed by atoms with van der Waals surface area (Å²) in [6, 6.07) is 12.5. The maximum atomic E-state index is 5.36. The normalized spacial score (nSPS) is 14.4. The highest BCUT2D eigenvalue weighted by atomic mass is 127. The van der Waals surface area contributed by atoms with Gasteiger partial charge >= 0.3 is 0 Å². The molecule has 2 N–H and O–H groups in total. The third-order valence-electron chi connectivity index (χ3n) is 3.20. The summed E-state index contributed by atoms with van der Waals surface area (Å²) in [7, 11) is 1.77. The Morgan fingerprint density at radius 2 is 2.10 bits per heavy atom. The molecule has 1 aromatic carbocycles. The molecular weight excluding hydrogens is 379 g/mol. The van der Waals surface area contributed by atoms with E-state index in [9.17, 15) is 0 Å². The highest BCUT2D eigenvalue weighted by Crippen LogP contribution is 2.20. The standard InChI is InChI=1S/C15H18N4O.HI/c1-16-15(18-12-7-8-12)17-10-13-9-14(20-19-13)11-5-3-2-4-6-11;/h2-6,9,12H,7-8,10H2,1H3,(H2,16,17,18);1H. The fraction of sp³-hybridized carbons (Fsp3) is 0.333. The van der Waals surface area contributed by atoms with E-state index in [0.29, 0.717) is 12.6 Å². The molecule has 0 spiro atoms. The Bertz CT molecular complexity index is 593. The van der Waals surface area contributed by atoms with Gasteiger partial charge in [0.25, 0.3) is 0 Å². The molecule has 21 heavy (non-hydrogen) atoms. The van der Waals surface area contributed by atoms with E-state index < -0.39 is 0 Å². The number of hydrogen-bond acceptors (Lipinski definition) is 3. The predicted molar refractivity (Wildman–Crippen MR) is 93.7 cm³/mol. The van der Waals surface area contributed by atoms with E-state index in [1.165, 1.54) is 12.8 Å². The van der Waals surface area contributed by atoms with Crippen molar-refractivity contribution in [1.29, 1.82) is 0 Å². The van der Waals surface area contributed by atoms with E-state index in [1.54, 1.807) is 7.05 Å². The van der Waals surface area contributed by atoms with E-state index in [-0.39, 0.29) is 24.0 Å². The fourth-order valence-corrected chi connectivity index (χ4v) is 1.92. The SMILES string of the molecule is CN=C(NCc1cc(-c2ccccc2)on1)NC1CC1.I. The molecular formula is C15H19IN4O. The van der Waals surface area contributed by atoms with Crippen molar-refractivity contribution < 1.29 is 4.52 Å². The number of aliphatic imine (C=N–C) groups is 1. The largest absolute Gasteiger partial charge is 0.356 e. The van der Waals surface area contributed by atoms with Crippen LogP contribution in [0.1, 0.15) is 18.5 Å². The van der Waals surface area contributed by atoms with Gasteiger partial charge in [0.2, 0.25) is 0 Å². The van der Waals surface area contributed by atoms with Crippen molar-refractivity contribution in [2.24, 2.45) is 4.99 Å². The lowest BCUT2D eigenvalue weighted by Crippen LogP contribution is -2.38. The Morgan fingerprint density at radius 1 is 1.33 bits per heavy atom. The summed E-state index contributed by atoms with van der Waals surface area (Å²) in [4.78, 5) is 4.18. The molecule has 5 nitrogen and oxygen atoms in total. The summed E-state index contributed by atoms with van der Waals surface area (Å²) in [6.45, 7) is 0.600. The van der Waals surface area contributed by atoms with Crippen molar-refractivity contribution in [2.75, 3.05) is 7.05 Å². The highest BCUT2D eigenvalue weighted by Gasteiger charge is 2.22. The van der Waals surface area contributed by atoms with Crippen LogP contribution in [-0.2, 0) is 6.54 Å². The quantitative estimate of drug-likeness (QED) is 0.473. The van der Waals surface area contributed by atoms with Crippen molar-refractivity contribution in [1.82, 2.24) is 15.8 Å². The average molecular weight is 398 g/mol. The number of nitrogens with one attached hydrogen (secondary N) is 2. The summed E-state index contributed by atoms with van der Waals surface area (Å²) in [5.74, 6) is 1.60. The van der Waals surface area contributed by atoms with Crippen LogP contribution in [0.5, 0.6) is 0 Å². The summed E-state index contributed by atoms with van der Waals surface area (Å²) < 4.78 is 5.36. The molecule has 1 heterocycles. The summed E-state index contributed by atoms with van der Waals surface area (Å²) in [5.41, 5.74) is 1.90. The molecule has 3 rings (SSSR count). The van der Waals surface area contributed by atoms with E-state index in [2.05, 4.69) is 20.8 Å². The maximum absolute atomic E-state index is 5.36. The average Bonchev–Trinajstić information content (AvgIpc) is 3.19. The molecule has 6 heteroatoms. The first kappa shape index (κ1) is 15.8. The smallest absolute Gasteiger partial charge is 0.191 e. The zero-order valence-electron chi connectivity index (χ0n) is 11.9. The van der Waals surface area contributed by atoms with Gasteiger partial charge < -0.3 is 15.2 Å². The van der Waals surface area contributed by atoms with Gasteiger partial charge in [-0.15, -0.1) is 24.0 Å². The van der Waals surface area contributed by atoms with Crippen LogP contribution in [0.3, 0.4) is 0 Å². The van der Waals surface area contributed by atoms with E-state index >= 15 is 0 Å². The van der Waals surface area contributed by atoms with Gasteiger partial charge in [0.05, 0.1) is 6.54 Å². The number of guanidine groups is 1. The Labute approximate surface area is 141 Å². The zero-order chi connectivity index (χ0) is 13.8. The molecule has 0 radical (unpaired) electrons. The van der Waals surface area contributed by atoms with Crippen molar-refractivity contribution >= 4 is 29.9 Å². The second-order valence-corrected chi connectivity index (χ2v) is 4.89. The fourth-order valence-electron chi connectivity index (χ4n) is 1.92. The molecule has 2 aromatic rings. The molecule has 0 saturated heterocycles. The van der Waals surface area contributed by atoms with Crippen molar-refractivity contribution in [2.45, 2.75) is 25.4 Å². The van der Waals surface area contributed by atoms with Gasteiger partial charge in [0.1, 0.15) is 5.69 Å². The molecule has 0 bridgehead atoms. The number of benzene rings is 1. The van der Waals surface area contributed by atoms with E-state index in [1.807, 2.05) is 36.4 Å². The van der Waals surface area contributed by atoms with Gasteiger partial charge in [0.15, 0.2) is 11.7 Å². The molecule has 1 saturated carbocycles. The first-order valence-electron chi connectivity index (χ1n) is 6.83. The molecule has 1 aliphatic rings. The van der Waals surface area contributed by atoms with Gasteiger partial charge in [-0.05, 0) is 12.8 Å². The second kappa shape index (κ2) is 7.44. The summed E-state index contributed by atoms with van der Waals surface area (Å²) >= 11 is 0. The minimum atomic E-state index is 0. The third kappa shape index (κ3) is 4.45. The Hall–Kier alpha value is -1.57. The van der Waals surface area contributed by atoms with Gasteiger partial charge in [-0.3, -0.25) is 4.99 Å². The van der Waals surface area contributed by atoms with Crippen LogP contribution in [0.25, 0.3) is 11.3 Å². The number of nitrogens with zero attached hydrogens (tertiary/aromatic N) is 2. The van der Waals surface area contributed by atoms with Gasteiger partial charge in [-0.1, -0.05) is 35.5 Å². The van der Waals surface area contributed by atoms with Crippen LogP contribution in [0.4, 0.5) is 0 Å². The molecule has 112 valence electrons. The first-order valence-corrected chi connectivity index (χ1v) is 6.83. The lowest BCUT2D eigenvalue weighted by Gasteiger charge is -2.09. The van der Waals surface area contributed by atoms with Crippen LogP contribution in [0.2, 0.25) is 0 Å². The lowest BCUT2D eigenvalue weighted by atomic mass is 10.2. The van der Waals surface area contributed by atoms with Gasteiger partial charge in [-0.2, -0.15) is 0 Å². The Kier molecular flexibility index (Phi) is 5.60. The molecule has 0 amide bonds. The Balaban J connectivity index is 0.00000161. The minimum absolute atomic E-state index is 0. The van der Waals surface area contributed by atoms with Crippen LogP contribution in [0.15, 0.2) is 45.9 Å². The van der Waals surface area contributed by atoms with Crippen LogP contribution in [-0.4, -0.2) is 24.2 Å². The number of hydrogen-bond donors (Lipinski definition) is 2. The monoisotopic (exact) mass is 398 g/mol. The molecule has 1 aliphatic carbocycles. The maximum Gasteiger partial charge on any atom is 0.191 e. The summed E-state index contributed by atoms with van der Waals surface area (Å²) in [6.07, 6.45) is 2.45. The van der Waals surface area contributed by atoms with Crippen LogP contribution in [0, 0.1) is 0 Å². The predicted octanol–water partition coefficient (Wildman–Crippen LogP) is 2.79. The third-order valence-corrected chi connectivity index (χ3v) is 3.20. The van der Waals surface area contributed by atoms with E-state index in [4.69, 9.17) is 4.52 Å². The number of halogens is 1. The zero-order valence-corrected chi connectivity index (χ0v) is 14.2. The van der Waals surface area contributed by atoms with Gasteiger partial charge in [0, 0.05) is 24.7 Å². The molecule has 0 unspecified atom stereocenters. The molecule has 1 fully saturated rings. The van der Waals surface area contributed by atoms with Crippen LogP contribution >= 0.6 is 24.0 Å². The molecule has 1 aromatic heterocycles. The first-order chi connectivity index (χ1) is 9.85. The second-order valence-electron chi connectivity index (χ2n) is 4.89. The topological polar surface area (TPSA) is 62.5 Å². The number of aromatic nitrogens is 1. The van der Waals surface area contributed by atoms with Crippen LogP contribution < -0.4 is 10.6 Å².